The molecular formula is C14H16BrClFN3. The number of rotatable bonds is 3. The third-order valence-electron chi connectivity index (χ3n) is 2.98. The smallest absolute Gasteiger partial charge is 0.144 e. The van der Waals surface area contributed by atoms with Crippen LogP contribution in [0.25, 0.3) is 0 Å². The van der Waals surface area contributed by atoms with Crippen molar-refractivity contribution in [3.05, 3.63) is 46.3 Å². The van der Waals surface area contributed by atoms with Crippen LogP contribution in [0.1, 0.15) is 38.0 Å². The van der Waals surface area contributed by atoms with Crippen LogP contribution in [-0.2, 0) is 17.3 Å². The summed E-state index contributed by atoms with van der Waals surface area (Å²) in [6.45, 7) is 6.19. The lowest BCUT2D eigenvalue weighted by Crippen LogP contribution is -2.26. The van der Waals surface area contributed by atoms with E-state index in [0.717, 1.165) is 5.82 Å². The predicted octanol–water partition coefficient (Wildman–Crippen LogP) is 4.31. The zero-order chi connectivity index (χ0) is 14.9. The summed E-state index contributed by atoms with van der Waals surface area (Å²) in [4.78, 5) is 0. The van der Waals surface area contributed by atoms with Crippen molar-refractivity contribution in [2.45, 2.75) is 38.1 Å². The third kappa shape index (κ3) is 3.04. The van der Waals surface area contributed by atoms with Crippen LogP contribution in [0.3, 0.4) is 0 Å². The van der Waals surface area contributed by atoms with Gasteiger partial charge in [0.1, 0.15) is 17.5 Å². The second-order valence-electron chi connectivity index (χ2n) is 5.55. The molecule has 0 aliphatic carbocycles. The van der Waals surface area contributed by atoms with Gasteiger partial charge >= 0.3 is 0 Å². The minimum atomic E-state index is -0.318. The van der Waals surface area contributed by atoms with Crippen molar-refractivity contribution in [1.82, 2.24) is 14.8 Å². The Morgan fingerprint density at radius 1 is 1.25 bits per heavy atom. The Kier molecular flexibility index (Phi) is 4.49. The van der Waals surface area contributed by atoms with E-state index in [-0.39, 0.29) is 11.4 Å². The molecule has 0 atom stereocenters. The molecule has 0 aliphatic rings. The normalized spacial score (nSPS) is 11.9. The SMILES string of the molecule is CC(C)(C)n1c(CBr)nnc1Cc1c(F)cccc1Cl. The van der Waals surface area contributed by atoms with Gasteiger partial charge in [0.2, 0.25) is 0 Å². The van der Waals surface area contributed by atoms with Gasteiger partial charge < -0.3 is 4.57 Å². The molecule has 2 rings (SSSR count). The van der Waals surface area contributed by atoms with Gasteiger partial charge in [0.15, 0.2) is 0 Å². The number of hydrogen-bond donors (Lipinski definition) is 0. The highest BCUT2D eigenvalue weighted by Gasteiger charge is 2.23. The molecule has 2 aromatic rings. The second kappa shape index (κ2) is 5.82. The molecular weight excluding hydrogens is 345 g/mol. The Morgan fingerprint density at radius 2 is 1.90 bits per heavy atom. The summed E-state index contributed by atoms with van der Waals surface area (Å²) >= 11 is 9.49. The molecule has 6 heteroatoms. The lowest BCUT2D eigenvalue weighted by atomic mass is 10.1. The van der Waals surface area contributed by atoms with Crippen LogP contribution in [0.15, 0.2) is 18.2 Å². The van der Waals surface area contributed by atoms with Crippen LogP contribution >= 0.6 is 27.5 Å². The van der Waals surface area contributed by atoms with Gasteiger partial charge in [-0.15, -0.1) is 10.2 Å². The summed E-state index contributed by atoms with van der Waals surface area (Å²) in [6.07, 6.45) is 0.322. The van der Waals surface area contributed by atoms with Crippen LogP contribution in [0, 0.1) is 5.82 Å². The monoisotopic (exact) mass is 359 g/mol. The number of hydrogen-bond acceptors (Lipinski definition) is 2. The maximum absolute atomic E-state index is 13.9. The Morgan fingerprint density at radius 3 is 2.45 bits per heavy atom. The van der Waals surface area contributed by atoms with Gasteiger partial charge in [0.05, 0.1) is 5.33 Å². The predicted molar refractivity (Wildman–Crippen MR) is 81.9 cm³/mol. The van der Waals surface area contributed by atoms with Crippen LogP contribution < -0.4 is 0 Å². The first-order valence-corrected chi connectivity index (χ1v) is 7.77. The molecule has 108 valence electrons. The second-order valence-corrected chi connectivity index (χ2v) is 6.52. The van der Waals surface area contributed by atoms with Crippen LogP contribution in [0.4, 0.5) is 4.39 Å². The van der Waals surface area contributed by atoms with Crippen LogP contribution in [0.5, 0.6) is 0 Å². The molecule has 0 saturated heterocycles. The maximum Gasteiger partial charge on any atom is 0.144 e. The fourth-order valence-corrected chi connectivity index (χ4v) is 2.78. The minimum Gasteiger partial charge on any atom is -0.309 e. The molecule has 0 bridgehead atoms. The van der Waals surface area contributed by atoms with Crippen molar-refractivity contribution >= 4 is 27.5 Å². The van der Waals surface area contributed by atoms with Crippen molar-refractivity contribution in [2.75, 3.05) is 0 Å². The summed E-state index contributed by atoms with van der Waals surface area (Å²) in [5.74, 6) is 1.21. The molecule has 1 heterocycles. The van der Waals surface area contributed by atoms with E-state index in [0.29, 0.717) is 28.2 Å². The topological polar surface area (TPSA) is 30.7 Å². The average Bonchev–Trinajstić information content (AvgIpc) is 2.76. The first-order chi connectivity index (χ1) is 9.34. The standard InChI is InChI=1S/C14H16BrClFN3/c1-14(2,3)20-12(18-19-13(20)8-15)7-9-10(16)5-4-6-11(9)17/h4-6H,7-8H2,1-3H3. The van der Waals surface area contributed by atoms with Gasteiger partial charge in [-0.2, -0.15) is 0 Å². The summed E-state index contributed by atoms with van der Waals surface area (Å²) in [5.41, 5.74) is 0.271. The van der Waals surface area contributed by atoms with E-state index in [9.17, 15) is 4.39 Å². The van der Waals surface area contributed by atoms with Gasteiger partial charge in [0.25, 0.3) is 0 Å². The van der Waals surface area contributed by atoms with Crippen molar-refractivity contribution in [1.29, 1.82) is 0 Å². The minimum absolute atomic E-state index is 0.181. The number of halogens is 3. The number of nitrogens with zero attached hydrogens (tertiary/aromatic N) is 3. The fraction of sp³-hybridized carbons (Fsp3) is 0.429. The summed E-state index contributed by atoms with van der Waals surface area (Å²) < 4.78 is 15.9. The van der Waals surface area contributed by atoms with E-state index in [1.165, 1.54) is 6.07 Å². The molecule has 20 heavy (non-hydrogen) atoms. The Hall–Kier alpha value is -0.940. The quantitative estimate of drug-likeness (QED) is 0.764. The Balaban J connectivity index is 2.47. The third-order valence-corrected chi connectivity index (χ3v) is 3.84. The zero-order valence-electron chi connectivity index (χ0n) is 11.6. The molecule has 0 spiro atoms. The molecule has 1 aromatic heterocycles. The maximum atomic E-state index is 13.9. The Bertz CT molecular complexity index is 599. The fourth-order valence-electron chi connectivity index (χ4n) is 2.19. The van der Waals surface area contributed by atoms with Gasteiger partial charge in [-0.25, -0.2) is 4.39 Å². The summed E-state index contributed by atoms with van der Waals surface area (Å²) in [6, 6.07) is 4.69. The molecule has 0 amide bonds. The van der Waals surface area contributed by atoms with Crippen molar-refractivity contribution in [3.8, 4) is 0 Å². The van der Waals surface area contributed by atoms with Gasteiger partial charge in [0, 0.05) is 22.5 Å². The molecule has 0 radical (unpaired) electrons. The molecule has 0 saturated carbocycles. The highest BCUT2D eigenvalue weighted by atomic mass is 79.9. The van der Waals surface area contributed by atoms with Crippen molar-refractivity contribution < 1.29 is 4.39 Å². The van der Waals surface area contributed by atoms with E-state index in [1.807, 2.05) is 4.57 Å². The van der Waals surface area contributed by atoms with Gasteiger partial charge in [-0.3, -0.25) is 0 Å². The number of aromatic nitrogens is 3. The summed E-state index contributed by atoms with van der Waals surface area (Å²) in [5, 5.41) is 9.36. The van der Waals surface area contributed by atoms with E-state index in [2.05, 4.69) is 46.9 Å². The number of alkyl halides is 1. The molecule has 0 fully saturated rings. The van der Waals surface area contributed by atoms with E-state index in [1.54, 1.807) is 12.1 Å². The largest absolute Gasteiger partial charge is 0.309 e. The number of benzene rings is 1. The first-order valence-electron chi connectivity index (χ1n) is 6.27. The van der Waals surface area contributed by atoms with E-state index < -0.39 is 0 Å². The van der Waals surface area contributed by atoms with Gasteiger partial charge in [-0.1, -0.05) is 33.6 Å². The Labute approximate surface area is 131 Å². The lowest BCUT2D eigenvalue weighted by molar-refractivity contribution is 0.375. The lowest BCUT2D eigenvalue weighted by Gasteiger charge is -2.24. The zero-order valence-corrected chi connectivity index (χ0v) is 14.0. The van der Waals surface area contributed by atoms with Gasteiger partial charge in [-0.05, 0) is 32.9 Å². The van der Waals surface area contributed by atoms with Crippen molar-refractivity contribution in [3.63, 3.8) is 0 Å². The molecule has 0 unspecified atom stereocenters. The molecule has 3 nitrogen and oxygen atoms in total. The highest BCUT2D eigenvalue weighted by molar-refractivity contribution is 9.08. The molecule has 0 aliphatic heterocycles. The highest BCUT2D eigenvalue weighted by Crippen LogP contribution is 2.25. The van der Waals surface area contributed by atoms with Crippen LogP contribution in [0.2, 0.25) is 5.02 Å². The van der Waals surface area contributed by atoms with Crippen molar-refractivity contribution in [2.24, 2.45) is 0 Å². The summed E-state index contributed by atoms with van der Waals surface area (Å²) in [7, 11) is 0. The molecule has 1 aromatic carbocycles. The first kappa shape index (κ1) is 15.4. The van der Waals surface area contributed by atoms with E-state index >= 15 is 0 Å². The average molecular weight is 361 g/mol. The molecule has 0 N–H and O–H groups in total. The van der Waals surface area contributed by atoms with E-state index in [4.69, 9.17) is 11.6 Å². The van der Waals surface area contributed by atoms with Crippen LogP contribution in [-0.4, -0.2) is 14.8 Å².